The molecule has 0 spiro atoms. The first-order valence-corrected chi connectivity index (χ1v) is 8.53. The van der Waals surface area contributed by atoms with Crippen LogP contribution in [0.1, 0.15) is 12.8 Å². The first-order valence-electron chi connectivity index (χ1n) is 6.97. The normalized spacial score (nSPS) is 37.0. The van der Waals surface area contributed by atoms with E-state index in [1.54, 1.807) is 0 Å². The Labute approximate surface area is 128 Å². The van der Waals surface area contributed by atoms with Crippen LogP contribution in [-0.4, -0.2) is 45.6 Å². The molecule has 0 radical (unpaired) electrons. The molecule has 1 fully saturated rings. The molecule has 21 heavy (non-hydrogen) atoms. The lowest BCUT2D eigenvalue weighted by atomic mass is 10.1. The Bertz CT molecular complexity index is 529. The highest BCUT2D eigenvalue weighted by molar-refractivity contribution is 7.82. The number of nitrogens with zero attached hydrogens (tertiary/aromatic N) is 1. The van der Waals surface area contributed by atoms with Crippen LogP contribution < -0.4 is 4.72 Å². The molecule has 1 aliphatic heterocycles. The number of likely N-dealkylation sites (N-methyl/N-ethyl adjacent to an activating group) is 1. The topological polar surface area (TPSA) is 69.6 Å². The number of rotatable bonds is 3. The van der Waals surface area contributed by atoms with Crippen LogP contribution in [0.2, 0.25) is 0 Å². The Morgan fingerprint density at radius 2 is 2.24 bits per heavy atom. The number of carboxylic acids is 1. The third-order valence-electron chi connectivity index (χ3n) is 4.40. The fourth-order valence-corrected chi connectivity index (χ4v) is 4.01. The summed E-state index contributed by atoms with van der Waals surface area (Å²) in [4.78, 5) is 13.7. The smallest absolute Gasteiger partial charge is 0.325 e. The highest BCUT2D eigenvalue weighted by Crippen LogP contribution is 2.55. The monoisotopic (exact) mass is 310 g/mol. The lowest BCUT2D eigenvalue weighted by molar-refractivity contribution is -0.141. The van der Waals surface area contributed by atoms with Crippen LogP contribution in [0.15, 0.2) is 36.6 Å². The second kappa shape index (κ2) is 6.15. The van der Waals surface area contributed by atoms with Crippen LogP contribution in [-0.2, 0) is 15.8 Å². The van der Waals surface area contributed by atoms with Crippen LogP contribution in [0.3, 0.4) is 0 Å². The first kappa shape index (κ1) is 16.0. The van der Waals surface area contributed by atoms with E-state index in [1.807, 2.05) is 36.3 Å². The van der Waals surface area contributed by atoms with Gasteiger partial charge >= 0.3 is 5.97 Å². The summed E-state index contributed by atoms with van der Waals surface area (Å²) in [7, 11) is 0.595. The fraction of sp³-hybridized carbons (Fsp3) is 0.533. The summed E-state index contributed by atoms with van der Waals surface area (Å²) >= 11 is 0. The molecule has 2 N–H and O–H groups in total. The van der Waals surface area contributed by atoms with E-state index in [0.717, 1.165) is 18.7 Å². The summed E-state index contributed by atoms with van der Waals surface area (Å²) in [5.74, 6) is -0.949. The molecule has 1 saturated carbocycles. The fourth-order valence-electron chi connectivity index (χ4n) is 3.14. The standard InChI is InChI=1S/C15H22N2O3S/c1-11-7-5-4-6-8-12-13(9-10-17(11)2)15(12,14(18)19)16-21(3)20/h4-7,12-13,16H,1,8-10H2,2-3H3,(H,18,19)/b6-4-,7-5-. The van der Waals surface area contributed by atoms with Gasteiger partial charge in [-0.25, -0.2) is 8.93 Å². The lowest BCUT2D eigenvalue weighted by Gasteiger charge is -2.20. The van der Waals surface area contributed by atoms with Gasteiger partial charge < -0.3 is 10.0 Å². The van der Waals surface area contributed by atoms with Crippen molar-refractivity contribution in [1.82, 2.24) is 9.62 Å². The van der Waals surface area contributed by atoms with Crippen LogP contribution in [0, 0.1) is 11.8 Å². The van der Waals surface area contributed by atoms with Crippen molar-refractivity contribution in [2.75, 3.05) is 19.8 Å². The summed E-state index contributed by atoms with van der Waals surface area (Å²) < 4.78 is 14.3. The zero-order valence-electron chi connectivity index (χ0n) is 12.4. The molecule has 4 atom stereocenters. The van der Waals surface area contributed by atoms with Crippen molar-refractivity contribution in [2.45, 2.75) is 18.4 Å². The molecule has 2 aliphatic rings. The molecular formula is C15H22N2O3S. The highest BCUT2D eigenvalue weighted by atomic mass is 32.2. The SMILES string of the molecule is C=C1/C=C\C=C/CC2C(CCN1C)C2(NS(C)=O)C(=O)O. The van der Waals surface area contributed by atoms with Crippen molar-refractivity contribution in [1.29, 1.82) is 0 Å². The zero-order valence-corrected chi connectivity index (χ0v) is 13.2. The number of carbonyl (C=O) groups is 1. The average Bonchev–Trinajstić information content (AvgIpc) is 3.01. The molecule has 0 saturated heterocycles. The number of hydrogen-bond acceptors (Lipinski definition) is 3. The van der Waals surface area contributed by atoms with E-state index < -0.39 is 22.5 Å². The van der Waals surface area contributed by atoms with Crippen LogP contribution in [0.4, 0.5) is 0 Å². The number of carboxylic acid groups (broad SMARTS) is 1. The van der Waals surface area contributed by atoms with Gasteiger partial charge in [-0.2, -0.15) is 0 Å². The van der Waals surface area contributed by atoms with E-state index in [1.165, 1.54) is 6.26 Å². The second-order valence-corrected chi connectivity index (χ2v) is 6.78. The van der Waals surface area contributed by atoms with Crippen molar-refractivity contribution >= 4 is 17.0 Å². The molecule has 6 heteroatoms. The van der Waals surface area contributed by atoms with Gasteiger partial charge in [-0.05, 0) is 30.8 Å². The molecule has 1 aliphatic carbocycles. The third kappa shape index (κ3) is 3.11. The highest BCUT2D eigenvalue weighted by Gasteiger charge is 2.69. The zero-order chi connectivity index (χ0) is 15.6. The molecule has 0 amide bonds. The van der Waals surface area contributed by atoms with Gasteiger partial charge in [0, 0.05) is 25.5 Å². The van der Waals surface area contributed by atoms with Crippen LogP contribution in [0.5, 0.6) is 0 Å². The number of hydrogen-bond donors (Lipinski definition) is 2. The van der Waals surface area contributed by atoms with Crippen molar-refractivity contribution in [2.24, 2.45) is 11.8 Å². The quantitative estimate of drug-likeness (QED) is 0.824. The average molecular weight is 310 g/mol. The molecule has 0 aromatic rings. The molecule has 4 unspecified atom stereocenters. The molecule has 0 aromatic carbocycles. The first-order chi connectivity index (χ1) is 9.89. The minimum Gasteiger partial charge on any atom is -0.480 e. The van der Waals surface area contributed by atoms with Crippen molar-refractivity contribution < 1.29 is 14.1 Å². The van der Waals surface area contributed by atoms with Crippen molar-refractivity contribution in [3.8, 4) is 0 Å². The Hall–Kier alpha value is -1.40. The molecule has 2 rings (SSSR count). The number of allylic oxidation sites excluding steroid dienone is 4. The molecular weight excluding hydrogens is 288 g/mol. The lowest BCUT2D eigenvalue weighted by Crippen LogP contribution is -2.43. The van der Waals surface area contributed by atoms with Gasteiger partial charge in [0.1, 0.15) is 5.54 Å². The number of nitrogens with one attached hydrogen (secondary N) is 1. The Balaban J connectivity index is 2.23. The Morgan fingerprint density at radius 3 is 2.86 bits per heavy atom. The largest absolute Gasteiger partial charge is 0.480 e. The van der Waals surface area contributed by atoms with Gasteiger partial charge in [-0.3, -0.25) is 4.79 Å². The summed E-state index contributed by atoms with van der Waals surface area (Å²) in [6, 6.07) is 0. The molecule has 5 nitrogen and oxygen atoms in total. The van der Waals surface area contributed by atoms with E-state index in [-0.39, 0.29) is 11.8 Å². The summed E-state index contributed by atoms with van der Waals surface area (Å²) in [6.45, 7) is 4.72. The minimum absolute atomic E-state index is 0.0168. The van der Waals surface area contributed by atoms with Crippen molar-refractivity contribution in [3.05, 3.63) is 36.6 Å². The summed E-state index contributed by atoms with van der Waals surface area (Å²) in [5.41, 5.74) is -0.165. The molecule has 1 heterocycles. The van der Waals surface area contributed by atoms with Gasteiger partial charge in [0.05, 0.1) is 11.0 Å². The number of fused-ring (bicyclic) bond motifs is 1. The maximum Gasteiger partial charge on any atom is 0.325 e. The second-order valence-electron chi connectivity index (χ2n) is 5.67. The van der Waals surface area contributed by atoms with Gasteiger partial charge in [0.2, 0.25) is 0 Å². The van der Waals surface area contributed by atoms with E-state index in [2.05, 4.69) is 11.3 Å². The predicted octanol–water partition coefficient (Wildman–Crippen LogP) is 1.29. The molecule has 0 bridgehead atoms. The van der Waals surface area contributed by atoms with Gasteiger partial charge in [-0.1, -0.05) is 24.8 Å². The van der Waals surface area contributed by atoms with Crippen molar-refractivity contribution in [3.63, 3.8) is 0 Å². The van der Waals surface area contributed by atoms with Gasteiger partial charge in [0.15, 0.2) is 0 Å². The van der Waals surface area contributed by atoms with E-state index in [0.29, 0.717) is 6.42 Å². The molecule has 116 valence electrons. The van der Waals surface area contributed by atoms with Crippen LogP contribution in [0.25, 0.3) is 0 Å². The maximum atomic E-state index is 11.7. The minimum atomic E-state index is -1.35. The van der Waals surface area contributed by atoms with Crippen LogP contribution >= 0.6 is 0 Å². The summed E-state index contributed by atoms with van der Waals surface area (Å²) in [6.07, 6.45) is 10.6. The van der Waals surface area contributed by atoms with E-state index in [9.17, 15) is 14.1 Å². The van der Waals surface area contributed by atoms with E-state index >= 15 is 0 Å². The Morgan fingerprint density at radius 1 is 1.52 bits per heavy atom. The van der Waals surface area contributed by atoms with Gasteiger partial charge in [-0.15, -0.1) is 0 Å². The third-order valence-corrected chi connectivity index (χ3v) is 5.03. The predicted molar refractivity (Wildman–Crippen MR) is 83.8 cm³/mol. The van der Waals surface area contributed by atoms with Gasteiger partial charge in [0.25, 0.3) is 0 Å². The summed E-state index contributed by atoms with van der Waals surface area (Å²) in [5, 5.41) is 9.62. The van der Waals surface area contributed by atoms with E-state index in [4.69, 9.17) is 0 Å². The number of aliphatic carboxylic acids is 1. The maximum absolute atomic E-state index is 11.7. The Kier molecular flexibility index (Phi) is 4.68. The molecule has 0 aromatic heterocycles.